The Morgan fingerprint density at radius 1 is 1.41 bits per heavy atom. The number of hydrogen-bond acceptors (Lipinski definition) is 6. The highest BCUT2D eigenvalue weighted by atomic mass is 16.6. The van der Waals surface area contributed by atoms with Gasteiger partial charge in [0.25, 0.3) is 0 Å². The molecule has 2 aromatic rings. The summed E-state index contributed by atoms with van der Waals surface area (Å²) < 4.78 is 10.3. The number of carbonyl (C=O) groups is 2. The number of aromatic nitrogens is 1. The quantitative estimate of drug-likeness (QED) is 0.729. The molecule has 8 nitrogen and oxygen atoms in total. The lowest BCUT2D eigenvalue weighted by molar-refractivity contribution is -0.117. The van der Waals surface area contributed by atoms with Gasteiger partial charge in [-0.15, -0.1) is 0 Å². The predicted octanol–water partition coefficient (Wildman–Crippen LogP) is 2.39. The topological polar surface area (TPSA) is 113 Å². The zero-order valence-corrected chi connectivity index (χ0v) is 15.1. The summed E-state index contributed by atoms with van der Waals surface area (Å²) in [4.78, 5) is 28.7. The Morgan fingerprint density at radius 3 is 2.89 bits per heavy atom. The Bertz CT molecular complexity index is 831. The average Bonchev–Trinajstić information content (AvgIpc) is 3.28. The number of rotatable bonds is 8. The van der Waals surface area contributed by atoms with Crippen LogP contribution in [0.3, 0.4) is 0 Å². The number of aromatic carboxylic acids is 1. The molecule has 0 unspecified atom stereocenters. The van der Waals surface area contributed by atoms with Gasteiger partial charge in [0.1, 0.15) is 0 Å². The zero-order valence-electron chi connectivity index (χ0n) is 15.1. The first-order valence-electron chi connectivity index (χ1n) is 8.90. The minimum Gasteiger partial charge on any atom is -0.475 e. The number of aryl methyl sites for hydroxylation is 1. The van der Waals surface area contributed by atoms with E-state index in [0.29, 0.717) is 12.8 Å². The molecule has 0 aliphatic carbocycles. The number of oxazole rings is 1. The van der Waals surface area contributed by atoms with Crippen molar-refractivity contribution < 1.29 is 29.0 Å². The van der Waals surface area contributed by atoms with Crippen molar-refractivity contribution in [1.29, 1.82) is 0 Å². The van der Waals surface area contributed by atoms with Crippen LogP contribution in [0.5, 0.6) is 6.08 Å². The fourth-order valence-corrected chi connectivity index (χ4v) is 3.32. The summed E-state index contributed by atoms with van der Waals surface area (Å²) in [6, 6.07) is 5.65. The van der Waals surface area contributed by atoms with Gasteiger partial charge in [-0.1, -0.05) is 13.0 Å². The van der Waals surface area contributed by atoms with Crippen LogP contribution in [0.2, 0.25) is 0 Å². The summed E-state index contributed by atoms with van der Waals surface area (Å²) in [6.45, 7) is 2.24. The van der Waals surface area contributed by atoms with Crippen LogP contribution in [-0.4, -0.2) is 39.7 Å². The molecule has 0 saturated carbocycles. The first-order valence-corrected chi connectivity index (χ1v) is 8.90. The molecule has 1 aromatic heterocycles. The van der Waals surface area contributed by atoms with Gasteiger partial charge in [0.05, 0.1) is 19.4 Å². The van der Waals surface area contributed by atoms with E-state index in [0.717, 1.165) is 35.9 Å². The minimum atomic E-state index is -1.21. The van der Waals surface area contributed by atoms with Gasteiger partial charge in [0.15, 0.2) is 0 Å². The molecule has 0 bridgehead atoms. The second-order valence-electron chi connectivity index (χ2n) is 6.35. The highest BCUT2D eigenvalue weighted by molar-refractivity contribution is 5.96. The molecule has 3 rings (SSSR count). The van der Waals surface area contributed by atoms with Crippen LogP contribution in [0.4, 0.5) is 5.69 Å². The molecule has 8 heteroatoms. The van der Waals surface area contributed by atoms with Gasteiger partial charge in [-0.2, -0.15) is 4.98 Å². The van der Waals surface area contributed by atoms with Crippen molar-refractivity contribution in [3.8, 4) is 6.08 Å². The largest absolute Gasteiger partial charge is 0.475 e. The number of carboxylic acid groups (broad SMARTS) is 1. The lowest BCUT2D eigenvalue weighted by Gasteiger charge is -2.25. The monoisotopic (exact) mass is 374 g/mol. The van der Waals surface area contributed by atoms with Crippen LogP contribution < -0.4 is 9.64 Å². The second-order valence-corrected chi connectivity index (χ2v) is 6.35. The molecule has 0 radical (unpaired) electrons. The number of amides is 1. The number of aliphatic hydroxyl groups excluding tert-OH is 1. The van der Waals surface area contributed by atoms with Crippen LogP contribution in [0.1, 0.15) is 47.9 Å². The molecule has 1 fully saturated rings. The smallest absolute Gasteiger partial charge is 0.394 e. The third-order valence-corrected chi connectivity index (χ3v) is 4.72. The van der Waals surface area contributed by atoms with Crippen LogP contribution in [0, 0.1) is 0 Å². The molecule has 1 saturated heterocycles. The number of benzene rings is 1. The highest BCUT2D eigenvalue weighted by Crippen LogP contribution is 2.30. The molecule has 1 atom stereocenters. The van der Waals surface area contributed by atoms with Crippen molar-refractivity contribution in [2.45, 2.75) is 45.3 Å². The van der Waals surface area contributed by atoms with Crippen LogP contribution in [0.25, 0.3) is 0 Å². The van der Waals surface area contributed by atoms with Crippen molar-refractivity contribution in [2.75, 3.05) is 11.5 Å². The van der Waals surface area contributed by atoms with Crippen molar-refractivity contribution >= 4 is 17.6 Å². The molecule has 1 aliphatic rings. The van der Waals surface area contributed by atoms with Crippen LogP contribution >= 0.6 is 0 Å². The number of ether oxygens (including phenoxy) is 1. The van der Waals surface area contributed by atoms with E-state index < -0.39 is 5.97 Å². The average molecular weight is 374 g/mol. The maximum Gasteiger partial charge on any atom is 0.394 e. The second kappa shape index (κ2) is 8.22. The van der Waals surface area contributed by atoms with Gasteiger partial charge >= 0.3 is 12.0 Å². The molecular formula is C19H22N2O6. The van der Waals surface area contributed by atoms with E-state index >= 15 is 0 Å². The van der Waals surface area contributed by atoms with Crippen molar-refractivity contribution in [1.82, 2.24) is 4.98 Å². The van der Waals surface area contributed by atoms with E-state index in [1.54, 1.807) is 4.90 Å². The SMILES string of the molecule is CCc1cc(N2C(=O)CC[C@@H]2CCOc2ncc(C(=O)O)o2)ccc1CO. The summed E-state index contributed by atoms with van der Waals surface area (Å²) in [5.74, 6) is -1.43. The van der Waals surface area contributed by atoms with E-state index in [1.807, 2.05) is 25.1 Å². The van der Waals surface area contributed by atoms with Gasteiger partial charge in [-0.3, -0.25) is 4.79 Å². The zero-order chi connectivity index (χ0) is 19.4. The summed E-state index contributed by atoms with van der Waals surface area (Å²) in [6.07, 6.45) is 3.53. The van der Waals surface area contributed by atoms with Crippen molar-refractivity contribution in [3.63, 3.8) is 0 Å². The maximum atomic E-state index is 12.4. The number of hydrogen-bond donors (Lipinski definition) is 2. The van der Waals surface area contributed by atoms with E-state index in [1.165, 1.54) is 0 Å². The molecular weight excluding hydrogens is 352 g/mol. The molecule has 2 heterocycles. The normalized spacial score (nSPS) is 16.7. The number of aliphatic hydroxyl groups is 1. The number of nitrogens with zero attached hydrogens (tertiary/aromatic N) is 2. The van der Waals surface area contributed by atoms with E-state index in [2.05, 4.69) is 4.98 Å². The van der Waals surface area contributed by atoms with Crippen molar-refractivity contribution in [2.24, 2.45) is 0 Å². The fourth-order valence-electron chi connectivity index (χ4n) is 3.32. The summed E-state index contributed by atoms with van der Waals surface area (Å²) in [5, 5.41) is 18.2. The van der Waals surface area contributed by atoms with Crippen LogP contribution in [-0.2, 0) is 17.8 Å². The predicted molar refractivity (Wildman–Crippen MR) is 95.8 cm³/mol. The van der Waals surface area contributed by atoms with E-state index in [4.69, 9.17) is 14.3 Å². The highest BCUT2D eigenvalue weighted by Gasteiger charge is 2.32. The lowest BCUT2D eigenvalue weighted by Crippen LogP contribution is -2.34. The summed E-state index contributed by atoms with van der Waals surface area (Å²) in [5.41, 5.74) is 2.71. The molecule has 1 amide bonds. The van der Waals surface area contributed by atoms with Gasteiger partial charge in [0, 0.05) is 24.6 Å². The lowest BCUT2D eigenvalue weighted by atomic mass is 10.0. The summed E-state index contributed by atoms with van der Waals surface area (Å²) >= 11 is 0. The fraction of sp³-hybridized carbons (Fsp3) is 0.421. The molecule has 144 valence electrons. The third kappa shape index (κ3) is 4.11. The van der Waals surface area contributed by atoms with Gasteiger partial charge < -0.3 is 24.3 Å². The Kier molecular flexibility index (Phi) is 5.75. The van der Waals surface area contributed by atoms with E-state index in [9.17, 15) is 14.7 Å². The molecule has 27 heavy (non-hydrogen) atoms. The van der Waals surface area contributed by atoms with E-state index in [-0.39, 0.29) is 37.0 Å². The Balaban J connectivity index is 1.66. The first-order chi connectivity index (χ1) is 13.0. The standard InChI is InChI=1S/C19H22N2O6/c1-2-12-9-15(4-3-13(12)11-22)21-14(5-6-17(21)23)7-8-26-19-20-10-16(27-19)18(24)25/h3-4,9-10,14,22H,2,5-8,11H2,1H3,(H,24,25)/t14-/m1/s1. The maximum absolute atomic E-state index is 12.4. The van der Waals surface area contributed by atoms with Gasteiger partial charge in [-0.25, -0.2) is 4.79 Å². The Hall–Kier alpha value is -2.87. The number of carbonyl (C=O) groups excluding carboxylic acids is 1. The summed E-state index contributed by atoms with van der Waals surface area (Å²) in [7, 11) is 0. The molecule has 1 aromatic carbocycles. The van der Waals surface area contributed by atoms with Gasteiger partial charge in [0.2, 0.25) is 11.7 Å². The van der Waals surface area contributed by atoms with Crippen LogP contribution in [0.15, 0.2) is 28.8 Å². The Labute approximate surface area is 156 Å². The number of anilines is 1. The minimum absolute atomic E-state index is 0.0175. The molecule has 0 spiro atoms. The first kappa shape index (κ1) is 18.9. The molecule has 1 aliphatic heterocycles. The molecule has 2 N–H and O–H groups in total. The van der Waals surface area contributed by atoms with Crippen molar-refractivity contribution in [3.05, 3.63) is 41.3 Å². The third-order valence-electron chi connectivity index (χ3n) is 4.72. The Morgan fingerprint density at radius 2 is 2.22 bits per heavy atom. The number of carboxylic acids is 1. The van der Waals surface area contributed by atoms with Gasteiger partial charge in [-0.05, 0) is 36.1 Å².